The quantitative estimate of drug-likeness (QED) is 0.865. The lowest BCUT2D eigenvalue weighted by Crippen LogP contribution is -2.59. The second-order valence-corrected chi connectivity index (χ2v) is 8.99. The summed E-state index contributed by atoms with van der Waals surface area (Å²) in [5.41, 5.74) is 0.000271. The lowest BCUT2D eigenvalue weighted by atomic mass is 9.52. The molecule has 4 aliphatic rings. The highest BCUT2D eigenvalue weighted by Gasteiger charge is 2.52. The molecular formula is C18H32N2O2. The van der Waals surface area contributed by atoms with E-state index in [-0.39, 0.29) is 6.09 Å². The van der Waals surface area contributed by atoms with Crippen LogP contribution in [0.4, 0.5) is 4.79 Å². The summed E-state index contributed by atoms with van der Waals surface area (Å²) < 4.78 is 5.30. The summed E-state index contributed by atoms with van der Waals surface area (Å²) in [5, 5.41) is 2.90. The van der Waals surface area contributed by atoms with Gasteiger partial charge in [0.25, 0.3) is 0 Å². The summed E-state index contributed by atoms with van der Waals surface area (Å²) in [6.45, 7) is 7.29. The fourth-order valence-electron chi connectivity index (χ4n) is 5.41. The minimum absolute atomic E-state index is 0.300. The molecule has 1 amide bonds. The van der Waals surface area contributed by atoms with Crippen LogP contribution in [-0.4, -0.2) is 42.3 Å². The van der Waals surface area contributed by atoms with E-state index < -0.39 is 5.60 Å². The van der Waals surface area contributed by atoms with Gasteiger partial charge in [0.1, 0.15) is 5.60 Å². The van der Waals surface area contributed by atoms with Crippen molar-refractivity contribution in [1.82, 2.24) is 10.2 Å². The average molecular weight is 308 g/mol. The van der Waals surface area contributed by atoms with Crippen molar-refractivity contribution >= 4 is 6.09 Å². The molecule has 0 radical (unpaired) electrons. The number of nitrogens with zero attached hydrogens (tertiary/aromatic N) is 1. The molecule has 1 N–H and O–H groups in total. The Bertz CT molecular complexity index is 392. The SMILES string of the molecule is CN(CCNC(=O)OC(C)(C)C)C12CC3CC(CC(C3)C1)C2. The monoisotopic (exact) mass is 308 g/mol. The van der Waals surface area contributed by atoms with Crippen LogP contribution in [0.15, 0.2) is 0 Å². The molecule has 4 rings (SSSR count). The van der Waals surface area contributed by atoms with E-state index in [0.717, 1.165) is 24.3 Å². The molecule has 4 saturated carbocycles. The van der Waals surface area contributed by atoms with E-state index in [0.29, 0.717) is 12.1 Å². The van der Waals surface area contributed by atoms with Crippen molar-refractivity contribution in [3.8, 4) is 0 Å². The summed E-state index contributed by atoms with van der Waals surface area (Å²) >= 11 is 0. The first-order chi connectivity index (χ1) is 10.3. The average Bonchev–Trinajstić information content (AvgIpc) is 2.34. The van der Waals surface area contributed by atoms with Gasteiger partial charge >= 0.3 is 6.09 Å². The first-order valence-electron chi connectivity index (χ1n) is 8.94. The normalized spacial score (nSPS) is 36.7. The number of amides is 1. The Labute approximate surface area is 135 Å². The number of ether oxygens (including phenoxy) is 1. The summed E-state index contributed by atoms with van der Waals surface area (Å²) in [6.07, 6.45) is 8.26. The first kappa shape index (κ1) is 16.1. The van der Waals surface area contributed by atoms with Crippen LogP contribution in [0.1, 0.15) is 59.3 Å². The molecule has 0 aromatic heterocycles. The maximum atomic E-state index is 11.7. The van der Waals surface area contributed by atoms with E-state index in [1.807, 2.05) is 20.8 Å². The Morgan fingerprint density at radius 3 is 2.09 bits per heavy atom. The molecule has 4 aliphatic carbocycles. The van der Waals surface area contributed by atoms with Crippen LogP contribution in [0.2, 0.25) is 0 Å². The van der Waals surface area contributed by atoms with Gasteiger partial charge in [0.2, 0.25) is 0 Å². The Balaban J connectivity index is 1.48. The molecule has 4 fully saturated rings. The topological polar surface area (TPSA) is 41.6 Å². The van der Waals surface area contributed by atoms with Crippen molar-refractivity contribution in [2.24, 2.45) is 17.8 Å². The standard InChI is InChI=1S/C18H32N2O2/c1-17(2,3)22-16(21)19-5-6-20(4)18-10-13-7-14(11-18)9-15(8-13)12-18/h13-15H,5-12H2,1-4H3,(H,19,21). The van der Waals surface area contributed by atoms with Crippen molar-refractivity contribution in [1.29, 1.82) is 0 Å². The molecular weight excluding hydrogens is 276 g/mol. The molecule has 0 saturated heterocycles. The molecule has 0 spiro atoms. The van der Waals surface area contributed by atoms with Crippen LogP contribution in [0.5, 0.6) is 0 Å². The Kier molecular flexibility index (Phi) is 4.17. The van der Waals surface area contributed by atoms with Gasteiger partial charge in [0, 0.05) is 18.6 Å². The number of nitrogens with one attached hydrogen (secondary N) is 1. The van der Waals surface area contributed by atoms with Gasteiger partial charge < -0.3 is 10.1 Å². The molecule has 126 valence electrons. The van der Waals surface area contributed by atoms with Crippen molar-refractivity contribution in [2.45, 2.75) is 70.4 Å². The Morgan fingerprint density at radius 2 is 1.64 bits per heavy atom. The molecule has 0 aromatic rings. The highest BCUT2D eigenvalue weighted by molar-refractivity contribution is 5.67. The maximum absolute atomic E-state index is 11.7. The summed E-state index contributed by atoms with van der Waals surface area (Å²) in [5.74, 6) is 2.90. The first-order valence-corrected chi connectivity index (χ1v) is 8.94. The van der Waals surface area contributed by atoms with E-state index in [1.165, 1.54) is 38.5 Å². The van der Waals surface area contributed by atoms with Crippen molar-refractivity contribution in [2.75, 3.05) is 20.1 Å². The third-order valence-corrected chi connectivity index (χ3v) is 5.93. The van der Waals surface area contributed by atoms with E-state index in [1.54, 1.807) is 0 Å². The van der Waals surface area contributed by atoms with Crippen LogP contribution >= 0.6 is 0 Å². The highest BCUT2D eigenvalue weighted by atomic mass is 16.6. The number of hydrogen-bond donors (Lipinski definition) is 1. The van der Waals surface area contributed by atoms with Crippen LogP contribution in [0, 0.1) is 17.8 Å². The molecule has 0 atom stereocenters. The molecule has 0 aromatic carbocycles. The third kappa shape index (κ3) is 3.42. The predicted octanol–water partition coefficient (Wildman–Crippen LogP) is 3.41. The van der Waals surface area contributed by atoms with Gasteiger partial charge in [-0.2, -0.15) is 0 Å². The van der Waals surface area contributed by atoms with Crippen molar-refractivity contribution in [3.63, 3.8) is 0 Å². The van der Waals surface area contributed by atoms with Crippen LogP contribution in [-0.2, 0) is 4.74 Å². The molecule has 0 heterocycles. The third-order valence-electron chi connectivity index (χ3n) is 5.93. The summed E-state index contributed by atoms with van der Waals surface area (Å²) in [6, 6.07) is 0. The second-order valence-electron chi connectivity index (χ2n) is 8.99. The fraction of sp³-hybridized carbons (Fsp3) is 0.944. The smallest absolute Gasteiger partial charge is 0.407 e. The lowest BCUT2D eigenvalue weighted by molar-refractivity contribution is -0.0784. The van der Waals surface area contributed by atoms with E-state index >= 15 is 0 Å². The molecule has 0 unspecified atom stereocenters. The number of carbonyl (C=O) groups is 1. The van der Waals surface area contributed by atoms with E-state index in [4.69, 9.17) is 4.74 Å². The number of hydrogen-bond acceptors (Lipinski definition) is 3. The number of carbonyl (C=O) groups excluding carboxylic acids is 1. The van der Waals surface area contributed by atoms with Crippen LogP contribution in [0.3, 0.4) is 0 Å². The van der Waals surface area contributed by atoms with E-state index in [2.05, 4.69) is 17.3 Å². The van der Waals surface area contributed by atoms with Gasteiger partial charge in [-0.3, -0.25) is 4.90 Å². The Hall–Kier alpha value is -0.770. The minimum Gasteiger partial charge on any atom is -0.444 e. The molecule has 0 aliphatic heterocycles. The molecule has 4 nitrogen and oxygen atoms in total. The van der Waals surface area contributed by atoms with Crippen LogP contribution in [0.25, 0.3) is 0 Å². The number of alkyl carbamates (subject to hydrolysis) is 1. The fourth-order valence-corrected chi connectivity index (χ4v) is 5.41. The molecule has 4 heteroatoms. The predicted molar refractivity (Wildman–Crippen MR) is 87.8 cm³/mol. The highest BCUT2D eigenvalue weighted by Crippen LogP contribution is 2.57. The van der Waals surface area contributed by atoms with Crippen molar-refractivity contribution in [3.05, 3.63) is 0 Å². The zero-order chi connectivity index (χ0) is 16.0. The summed E-state index contributed by atoms with van der Waals surface area (Å²) in [4.78, 5) is 14.3. The van der Waals surface area contributed by atoms with Crippen molar-refractivity contribution < 1.29 is 9.53 Å². The molecule has 4 bridgehead atoms. The van der Waals surface area contributed by atoms with Gasteiger partial charge in [0.05, 0.1) is 0 Å². The van der Waals surface area contributed by atoms with Gasteiger partial charge in [-0.1, -0.05) is 0 Å². The second kappa shape index (κ2) is 5.70. The number of rotatable bonds is 4. The minimum atomic E-state index is -0.421. The maximum Gasteiger partial charge on any atom is 0.407 e. The van der Waals surface area contributed by atoms with Gasteiger partial charge in [-0.25, -0.2) is 4.79 Å². The van der Waals surface area contributed by atoms with Crippen LogP contribution < -0.4 is 5.32 Å². The lowest BCUT2D eigenvalue weighted by Gasteiger charge is -2.60. The van der Waals surface area contributed by atoms with E-state index in [9.17, 15) is 4.79 Å². The van der Waals surface area contributed by atoms with Gasteiger partial charge in [-0.15, -0.1) is 0 Å². The Morgan fingerprint density at radius 1 is 1.14 bits per heavy atom. The zero-order valence-corrected chi connectivity index (χ0v) is 14.7. The van der Waals surface area contributed by atoms with Gasteiger partial charge in [0.15, 0.2) is 0 Å². The molecule has 22 heavy (non-hydrogen) atoms. The number of likely N-dealkylation sites (N-methyl/N-ethyl adjacent to an activating group) is 1. The largest absolute Gasteiger partial charge is 0.444 e. The van der Waals surface area contributed by atoms with Gasteiger partial charge in [-0.05, 0) is 84.1 Å². The summed E-state index contributed by atoms with van der Waals surface area (Å²) in [7, 11) is 2.25. The zero-order valence-electron chi connectivity index (χ0n) is 14.7.